The van der Waals surface area contributed by atoms with Gasteiger partial charge in [0.1, 0.15) is 29.4 Å². The van der Waals surface area contributed by atoms with Crippen molar-refractivity contribution in [2.24, 2.45) is 4.99 Å². The maximum absolute atomic E-state index is 15.0. The number of anilines is 2. The minimum absolute atomic E-state index is 0.00821. The number of aromatic nitrogens is 3. The number of amides is 3. The molecule has 1 fully saturated rings. The average molecular weight is 699 g/mol. The predicted octanol–water partition coefficient (Wildman–Crippen LogP) is 6.98. The van der Waals surface area contributed by atoms with Gasteiger partial charge < -0.3 is 19.5 Å². The van der Waals surface area contributed by atoms with Gasteiger partial charge in [0.05, 0.1) is 43.0 Å². The van der Waals surface area contributed by atoms with Crippen molar-refractivity contribution in [3.05, 3.63) is 72.8 Å². The number of urea groups is 1. The lowest BCUT2D eigenvalue weighted by Gasteiger charge is -2.21. The molecule has 1 saturated heterocycles. The van der Waals surface area contributed by atoms with Gasteiger partial charge in [-0.05, 0) is 54.6 Å². The molecule has 1 aliphatic rings. The van der Waals surface area contributed by atoms with E-state index in [1.807, 2.05) is 0 Å². The second-order valence-corrected chi connectivity index (χ2v) is 10.6. The molecule has 4 aromatic rings. The molecule has 11 nitrogen and oxygen atoms in total. The van der Waals surface area contributed by atoms with E-state index in [1.165, 1.54) is 60.6 Å². The summed E-state index contributed by atoms with van der Waals surface area (Å²) < 4.78 is 106. The number of carbonyl (C=O) groups is 2. The summed E-state index contributed by atoms with van der Waals surface area (Å²) >= 11 is 0.870. The van der Waals surface area contributed by atoms with Crippen LogP contribution < -0.4 is 24.4 Å². The monoisotopic (exact) mass is 698 g/mol. The number of halogens is 7. The summed E-state index contributed by atoms with van der Waals surface area (Å²) in [6.07, 6.45) is -9.30. The molecule has 0 bridgehead atoms. The number of carbonyl (C=O) groups excluding carboxylic acids is 2. The Kier molecular flexibility index (Phi) is 9.78. The molecule has 1 aliphatic heterocycles. The number of aliphatic imine (C=N–C) groups is 1. The number of nitrogens with zero attached hydrogens (tertiary/aromatic N) is 5. The molecular weight excluding hydrogens is 677 g/mol. The van der Waals surface area contributed by atoms with Crippen LogP contribution >= 0.6 is 11.8 Å². The average Bonchev–Trinajstić information content (AvgIpc) is 3.64. The van der Waals surface area contributed by atoms with Crippen molar-refractivity contribution in [3.63, 3.8) is 0 Å². The molecule has 0 aliphatic carbocycles. The molecule has 252 valence electrons. The number of amidine groups is 1. The zero-order valence-electron chi connectivity index (χ0n) is 24.3. The van der Waals surface area contributed by atoms with E-state index in [2.05, 4.69) is 25.1 Å². The highest BCUT2D eigenvalue weighted by Crippen LogP contribution is 2.38. The first-order valence-corrected chi connectivity index (χ1v) is 14.5. The third-order valence-corrected chi connectivity index (χ3v) is 7.23. The number of rotatable bonds is 9. The van der Waals surface area contributed by atoms with Crippen LogP contribution in [0.1, 0.15) is 6.42 Å². The van der Waals surface area contributed by atoms with Gasteiger partial charge in [0.2, 0.25) is 5.91 Å². The Morgan fingerprint density at radius 3 is 2.42 bits per heavy atom. The number of thioether (sulfide) groups is 1. The normalized spacial score (nSPS) is 14.4. The Morgan fingerprint density at radius 2 is 1.75 bits per heavy atom. The smallest absolute Gasteiger partial charge is 0.497 e. The van der Waals surface area contributed by atoms with E-state index in [1.54, 1.807) is 0 Å². The second-order valence-electron chi connectivity index (χ2n) is 9.64. The van der Waals surface area contributed by atoms with Crippen LogP contribution in [0.25, 0.3) is 17.1 Å². The van der Waals surface area contributed by atoms with Crippen molar-refractivity contribution >= 4 is 40.2 Å². The largest absolute Gasteiger partial charge is 0.573 e. The van der Waals surface area contributed by atoms with E-state index < -0.39 is 49.1 Å². The maximum atomic E-state index is 15.0. The summed E-state index contributed by atoms with van der Waals surface area (Å²) in [5.41, 5.74) is 0.252. The summed E-state index contributed by atoms with van der Waals surface area (Å²) in [5, 5.41) is 6.33. The zero-order chi connectivity index (χ0) is 34.6. The first-order chi connectivity index (χ1) is 22.7. The van der Waals surface area contributed by atoms with E-state index in [9.17, 15) is 35.9 Å². The summed E-state index contributed by atoms with van der Waals surface area (Å²) in [6, 6.07) is 11.5. The molecular formula is C29H21F7N6O5S. The predicted molar refractivity (Wildman–Crippen MR) is 159 cm³/mol. The summed E-state index contributed by atoms with van der Waals surface area (Å²) in [7, 11) is 1.34. The fourth-order valence-corrected chi connectivity index (χ4v) is 5.04. The van der Waals surface area contributed by atoms with Crippen molar-refractivity contribution < 1.29 is 54.5 Å². The van der Waals surface area contributed by atoms with Crippen molar-refractivity contribution in [1.29, 1.82) is 0 Å². The Balaban J connectivity index is 1.30. The third-order valence-electron chi connectivity index (χ3n) is 6.31. The molecule has 0 radical (unpaired) electrons. The van der Waals surface area contributed by atoms with Crippen LogP contribution in [0.2, 0.25) is 0 Å². The van der Waals surface area contributed by atoms with Crippen LogP contribution in [0.3, 0.4) is 0 Å². The van der Waals surface area contributed by atoms with Gasteiger partial charge in [-0.1, -0.05) is 11.8 Å². The molecule has 1 N–H and O–H groups in total. The molecule has 0 atom stereocenters. The van der Waals surface area contributed by atoms with Gasteiger partial charge in [-0.15, -0.1) is 18.3 Å². The van der Waals surface area contributed by atoms with Gasteiger partial charge in [-0.3, -0.25) is 9.69 Å². The number of benzene rings is 3. The Labute approximate surface area is 270 Å². The molecule has 48 heavy (non-hydrogen) atoms. The van der Waals surface area contributed by atoms with Crippen molar-refractivity contribution in [2.75, 3.05) is 29.7 Å². The molecule has 0 saturated carbocycles. The first kappa shape index (κ1) is 34.0. The lowest BCUT2D eigenvalue weighted by atomic mass is 10.2. The van der Waals surface area contributed by atoms with Crippen molar-refractivity contribution in [1.82, 2.24) is 14.8 Å². The summed E-state index contributed by atoms with van der Waals surface area (Å²) in [4.78, 5) is 34.6. The molecule has 3 amide bonds. The highest BCUT2D eigenvalue weighted by molar-refractivity contribution is 8.15. The van der Waals surface area contributed by atoms with E-state index in [0.717, 1.165) is 34.9 Å². The minimum Gasteiger partial charge on any atom is -0.497 e. The number of hydrogen-bond donors (Lipinski definition) is 1. The maximum Gasteiger partial charge on any atom is 0.573 e. The van der Waals surface area contributed by atoms with Crippen LogP contribution in [0, 0.1) is 5.82 Å². The Hall–Kier alpha value is -5.33. The Bertz CT molecular complexity index is 1850. The van der Waals surface area contributed by atoms with Crippen LogP contribution in [0.4, 0.5) is 46.9 Å². The number of nitrogens with one attached hydrogen (secondary N) is 1. The SMILES string of the molecule is COc1ccc(OCCC(F)(F)F)c(N2C(=O)CS/C2=N\C(=O)Nc2ccc(-c3ncn(-c4ccc(OC(F)(F)F)cc4)n3)cc2F)c1. The highest BCUT2D eigenvalue weighted by Gasteiger charge is 2.34. The fourth-order valence-electron chi connectivity index (χ4n) is 4.19. The molecule has 0 spiro atoms. The summed E-state index contributed by atoms with van der Waals surface area (Å²) in [6.45, 7) is -0.732. The fraction of sp³-hybridized carbons (Fsp3) is 0.207. The van der Waals surface area contributed by atoms with E-state index >= 15 is 4.39 Å². The molecule has 0 unspecified atom stereocenters. The van der Waals surface area contributed by atoms with Crippen LogP contribution in [0.15, 0.2) is 72.0 Å². The number of ether oxygens (including phenoxy) is 3. The first-order valence-electron chi connectivity index (χ1n) is 13.5. The van der Waals surface area contributed by atoms with E-state index in [0.29, 0.717) is 5.69 Å². The minimum atomic E-state index is -4.85. The topological polar surface area (TPSA) is 120 Å². The van der Waals surface area contributed by atoms with Gasteiger partial charge in [0.25, 0.3) is 0 Å². The number of methoxy groups -OCH3 is 1. The van der Waals surface area contributed by atoms with Gasteiger partial charge in [-0.25, -0.2) is 18.9 Å². The summed E-state index contributed by atoms with van der Waals surface area (Å²) in [5.74, 6) is -1.81. The van der Waals surface area contributed by atoms with E-state index in [4.69, 9.17) is 9.47 Å². The van der Waals surface area contributed by atoms with Crippen LogP contribution in [-0.2, 0) is 4.79 Å². The molecule has 3 aromatic carbocycles. The van der Waals surface area contributed by atoms with Crippen molar-refractivity contribution in [3.8, 4) is 34.3 Å². The van der Waals surface area contributed by atoms with Gasteiger partial charge in [-0.2, -0.15) is 18.2 Å². The standard InChI is InChI=1S/C29H21F7N6O5S/c1-45-19-7-9-23(46-11-10-28(31,32)33)22(13-19)42-24(43)14-48-27(42)39-26(44)38-21-8-2-16(12-20(21)30)25-37-15-41(40-25)17-3-5-18(6-4-17)47-29(34,35)36/h2-9,12-13,15H,10-11,14H2,1H3,(H,38,44)/b39-27-. The van der Waals surface area contributed by atoms with Gasteiger partial charge in [0.15, 0.2) is 11.0 Å². The van der Waals surface area contributed by atoms with Gasteiger partial charge >= 0.3 is 18.6 Å². The van der Waals surface area contributed by atoms with Crippen molar-refractivity contribution in [2.45, 2.75) is 19.0 Å². The Morgan fingerprint density at radius 1 is 1.02 bits per heavy atom. The van der Waals surface area contributed by atoms with Gasteiger partial charge in [0, 0.05) is 11.6 Å². The van der Waals surface area contributed by atoms with E-state index in [-0.39, 0.29) is 45.2 Å². The van der Waals surface area contributed by atoms with Crippen LogP contribution in [-0.4, -0.2) is 63.9 Å². The quantitative estimate of drug-likeness (QED) is 0.186. The third kappa shape index (κ3) is 8.52. The molecule has 5 rings (SSSR count). The molecule has 1 aromatic heterocycles. The number of hydrogen-bond acceptors (Lipinski definition) is 8. The highest BCUT2D eigenvalue weighted by atomic mass is 32.2. The molecule has 2 heterocycles. The number of alkyl halides is 6. The zero-order valence-corrected chi connectivity index (χ0v) is 25.1. The second kappa shape index (κ2) is 13.8. The lowest BCUT2D eigenvalue weighted by molar-refractivity contribution is -0.274. The molecule has 19 heteroatoms. The van der Waals surface area contributed by atoms with Crippen LogP contribution in [0.5, 0.6) is 17.2 Å². The lowest BCUT2D eigenvalue weighted by Crippen LogP contribution is -2.31.